The van der Waals surface area contributed by atoms with Crippen molar-refractivity contribution in [2.45, 2.75) is 6.92 Å². The summed E-state index contributed by atoms with van der Waals surface area (Å²) in [7, 11) is 0. The van der Waals surface area contributed by atoms with Crippen LogP contribution in [0, 0.1) is 11.3 Å². The molecule has 130 valence electrons. The molecular weight excluding hydrogens is 368 g/mol. The first kappa shape index (κ1) is 17.9. The second-order valence-corrected chi connectivity index (χ2v) is 7.12. The molecule has 0 spiro atoms. The molecule has 0 aliphatic rings. The normalized spacial score (nSPS) is 12.5. The van der Waals surface area contributed by atoms with Gasteiger partial charge in [0.25, 0.3) is 5.56 Å². The third-order valence-electron chi connectivity index (χ3n) is 3.46. The molecule has 5 nitrogen and oxygen atoms in total. The van der Waals surface area contributed by atoms with Crippen molar-refractivity contribution >= 4 is 40.3 Å². The van der Waals surface area contributed by atoms with E-state index in [1.54, 1.807) is 37.3 Å². The minimum Gasteiger partial charge on any atom is -0.462 e. The van der Waals surface area contributed by atoms with E-state index in [-0.39, 0.29) is 22.4 Å². The zero-order chi connectivity index (χ0) is 18.5. The number of carbonyl (C=O) groups is 1. The summed E-state index contributed by atoms with van der Waals surface area (Å²) in [5.41, 5.74) is 0.136. The number of nitriles is 1. The average Bonchev–Trinajstić information content (AvgIpc) is 3.26. The van der Waals surface area contributed by atoms with Gasteiger partial charge in [0, 0.05) is 4.88 Å². The molecule has 26 heavy (non-hydrogen) atoms. The van der Waals surface area contributed by atoms with Gasteiger partial charge in [-0.25, -0.2) is 4.79 Å². The fraction of sp³-hybridized carbons (Fsp3) is 0.105. The zero-order valence-electron chi connectivity index (χ0n) is 13.8. The van der Waals surface area contributed by atoms with Gasteiger partial charge in [0.05, 0.1) is 16.8 Å². The number of esters is 1. The third kappa shape index (κ3) is 3.52. The summed E-state index contributed by atoms with van der Waals surface area (Å²) in [6, 6.07) is 14.6. The van der Waals surface area contributed by atoms with Crippen molar-refractivity contribution < 1.29 is 9.53 Å². The molecule has 7 heteroatoms. The Labute approximate surface area is 157 Å². The van der Waals surface area contributed by atoms with Crippen LogP contribution in [-0.2, 0) is 9.53 Å². The maximum Gasteiger partial charge on any atom is 0.351 e. The van der Waals surface area contributed by atoms with Gasteiger partial charge >= 0.3 is 5.97 Å². The first-order valence-corrected chi connectivity index (χ1v) is 9.49. The summed E-state index contributed by atoms with van der Waals surface area (Å²) >= 11 is 2.61. The smallest absolute Gasteiger partial charge is 0.351 e. The fourth-order valence-corrected chi connectivity index (χ4v) is 4.16. The predicted molar refractivity (Wildman–Crippen MR) is 103 cm³/mol. The number of thiophene rings is 1. The van der Waals surface area contributed by atoms with Crippen LogP contribution in [0.15, 0.2) is 52.6 Å². The topological polar surface area (TPSA) is 72.1 Å². The number of rotatable bonds is 4. The summed E-state index contributed by atoms with van der Waals surface area (Å²) in [6.45, 7) is 1.82. The van der Waals surface area contributed by atoms with Gasteiger partial charge in [-0.1, -0.05) is 24.3 Å². The molecule has 3 aromatic rings. The second-order valence-electron chi connectivity index (χ2n) is 5.11. The van der Waals surface area contributed by atoms with E-state index in [0.717, 1.165) is 16.2 Å². The van der Waals surface area contributed by atoms with Crippen molar-refractivity contribution in [3.05, 3.63) is 72.3 Å². The number of benzene rings is 1. The van der Waals surface area contributed by atoms with Crippen molar-refractivity contribution in [1.29, 1.82) is 5.26 Å². The zero-order valence-corrected chi connectivity index (χ0v) is 15.5. The Morgan fingerprint density at radius 1 is 1.27 bits per heavy atom. The van der Waals surface area contributed by atoms with Crippen LogP contribution >= 0.6 is 22.7 Å². The largest absolute Gasteiger partial charge is 0.462 e. The Bertz CT molecular complexity index is 1130. The highest BCUT2D eigenvalue weighted by atomic mass is 32.1. The number of ether oxygens (including phenoxy) is 1. The standard InChI is InChI=1S/C19H14N2O3S2/c1-2-24-19(23)15(12-20)18-21(13-7-4-3-5-8-13)17(22)16(26-18)11-14-9-6-10-25-14/h3-11H,2H2,1H3/b16-11+,18-15+. The number of carbonyl (C=O) groups excluding carboxylic acids is 1. The van der Waals surface area contributed by atoms with E-state index in [1.165, 1.54) is 15.9 Å². The number of aromatic nitrogens is 1. The SMILES string of the molecule is CCOC(=O)/C(C#N)=c1/s/c(=C/c2cccs2)c(=O)n1-c1ccccc1. The summed E-state index contributed by atoms with van der Waals surface area (Å²) < 4.78 is 7.08. The van der Waals surface area contributed by atoms with Crippen LogP contribution in [0.25, 0.3) is 17.3 Å². The molecule has 0 saturated heterocycles. The van der Waals surface area contributed by atoms with E-state index in [2.05, 4.69) is 0 Å². The van der Waals surface area contributed by atoms with Crippen molar-refractivity contribution in [2.24, 2.45) is 0 Å². The van der Waals surface area contributed by atoms with Crippen LogP contribution < -0.4 is 14.8 Å². The van der Waals surface area contributed by atoms with E-state index < -0.39 is 5.97 Å². The van der Waals surface area contributed by atoms with E-state index in [1.807, 2.05) is 29.6 Å². The monoisotopic (exact) mass is 382 g/mol. The molecule has 3 rings (SSSR count). The Morgan fingerprint density at radius 3 is 2.65 bits per heavy atom. The number of hydrogen-bond acceptors (Lipinski definition) is 6. The van der Waals surface area contributed by atoms with Gasteiger partial charge in [0.2, 0.25) is 0 Å². The Hall–Kier alpha value is -2.95. The molecule has 0 bridgehead atoms. The highest BCUT2D eigenvalue weighted by Crippen LogP contribution is 2.09. The molecule has 0 radical (unpaired) electrons. The first-order chi connectivity index (χ1) is 12.7. The number of nitrogens with zero attached hydrogens (tertiary/aromatic N) is 2. The minimum absolute atomic E-state index is 0.152. The maximum absolute atomic E-state index is 13.0. The molecular formula is C19H14N2O3S2. The highest BCUT2D eigenvalue weighted by Gasteiger charge is 2.17. The van der Waals surface area contributed by atoms with Crippen molar-refractivity contribution in [3.8, 4) is 11.8 Å². The molecule has 0 amide bonds. The van der Waals surface area contributed by atoms with Crippen LogP contribution in [0.1, 0.15) is 11.8 Å². The predicted octanol–water partition coefficient (Wildman–Crippen LogP) is 2.03. The molecule has 0 saturated carbocycles. The molecule has 1 aromatic carbocycles. The summed E-state index contributed by atoms with van der Waals surface area (Å²) in [6.07, 6.45) is 1.76. The van der Waals surface area contributed by atoms with Gasteiger partial charge < -0.3 is 4.74 Å². The lowest BCUT2D eigenvalue weighted by molar-refractivity contribution is -0.136. The van der Waals surface area contributed by atoms with Gasteiger partial charge in [0.15, 0.2) is 5.57 Å². The van der Waals surface area contributed by atoms with E-state index in [0.29, 0.717) is 10.2 Å². The van der Waals surface area contributed by atoms with E-state index in [4.69, 9.17) is 4.74 Å². The van der Waals surface area contributed by atoms with Crippen molar-refractivity contribution in [2.75, 3.05) is 6.61 Å². The van der Waals surface area contributed by atoms with Crippen LogP contribution in [-0.4, -0.2) is 17.1 Å². The lowest BCUT2D eigenvalue weighted by Gasteiger charge is -2.03. The van der Waals surface area contributed by atoms with E-state index >= 15 is 0 Å². The first-order valence-electron chi connectivity index (χ1n) is 7.79. The Balaban J connectivity index is 2.39. The molecule has 2 aromatic heterocycles. The van der Waals surface area contributed by atoms with Crippen LogP contribution in [0.2, 0.25) is 0 Å². The lowest BCUT2D eigenvalue weighted by atomic mass is 10.3. The van der Waals surface area contributed by atoms with Crippen LogP contribution in [0.4, 0.5) is 0 Å². The van der Waals surface area contributed by atoms with Crippen LogP contribution in [0.3, 0.4) is 0 Å². The Morgan fingerprint density at radius 2 is 2.04 bits per heavy atom. The number of thiazole rings is 1. The molecule has 0 aliphatic heterocycles. The van der Waals surface area contributed by atoms with E-state index in [9.17, 15) is 14.9 Å². The molecule has 0 N–H and O–H groups in total. The van der Waals surface area contributed by atoms with Crippen molar-refractivity contribution in [3.63, 3.8) is 0 Å². The summed E-state index contributed by atoms with van der Waals surface area (Å²) in [4.78, 5) is 26.1. The van der Waals surface area contributed by atoms with Crippen LogP contribution in [0.5, 0.6) is 0 Å². The molecule has 0 aliphatic carbocycles. The van der Waals surface area contributed by atoms with Gasteiger partial charge in [-0.3, -0.25) is 9.36 Å². The highest BCUT2D eigenvalue weighted by molar-refractivity contribution is 7.11. The van der Waals surface area contributed by atoms with Crippen molar-refractivity contribution in [1.82, 2.24) is 4.57 Å². The van der Waals surface area contributed by atoms with Gasteiger partial charge in [0.1, 0.15) is 10.7 Å². The number of hydrogen-bond donors (Lipinski definition) is 0. The summed E-state index contributed by atoms with van der Waals surface area (Å²) in [5.74, 6) is -0.733. The average molecular weight is 382 g/mol. The molecule has 0 fully saturated rings. The molecule has 0 unspecified atom stereocenters. The number of para-hydroxylation sites is 1. The molecule has 0 atom stereocenters. The van der Waals surface area contributed by atoms with Gasteiger partial charge in [-0.15, -0.1) is 22.7 Å². The summed E-state index contributed by atoms with van der Waals surface area (Å²) in [5, 5.41) is 11.4. The van der Waals surface area contributed by atoms with Gasteiger partial charge in [-0.05, 0) is 36.6 Å². The Kier molecular flexibility index (Phi) is 5.46. The van der Waals surface area contributed by atoms with Gasteiger partial charge in [-0.2, -0.15) is 5.26 Å². The fourth-order valence-electron chi connectivity index (χ4n) is 2.35. The lowest BCUT2D eigenvalue weighted by Crippen LogP contribution is -2.31. The minimum atomic E-state index is -0.733. The second kappa shape index (κ2) is 7.95. The quantitative estimate of drug-likeness (QED) is 0.647. The third-order valence-corrected chi connectivity index (χ3v) is 5.37. The maximum atomic E-state index is 13.0. The molecule has 2 heterocycles.